The van der Waals surface area contributed by atoms with E-state index in [-0.39, 0.29) is 57.9 Å². The van der Waals surface area contributed by atoms with Gasteiger partial charge >= 0.3 is 5.97 Å². The van der Waals surface area contributed by atoms with Gasteiger partial charge in [-0.2, -0.15) is 0 Å². The number of alkyl halides is 2. The summed E-state index contributed by atoms with van der Waals surface area (Å²) in [6.45, 7) is 1.90. The van der Waals surface area contributed by atoms with Crippen LogP contribution >= 0.6 is 31.9 Å². The average Bonchev–Trinajstić information content (AvgIpc) is 3.33. The van der Waals surface area contributed by atoms with Crippen LogP contribution in [0.3, 0.4) is 0 Å². The summed E-state index contributed by atoms with van der Waals surface area (Å²) in [4.78, 5) is 54.4. The van der Waals surface area contributed by atoms with Gasteiger partial charge in [0.25, 0.3) is 0 Å². The molecule has 2 aromatic carbocycles. The number of esters is 1. The largest absolute Gasteiger partial charge is 0.426 e. The van der Waals surface area contributed by atoms with Crippen LogP contribution in [-0.2, 0) is 19.2 Å². The normalized spacial score (nSPS) is 28.0. The molecule has 0 spiro atoms. The average molecular weight is 622 g/mol. The molecule has 36 heavy (non-hydrogen) atoms. The number of anilines is 2. The first-order valence-electron chi connectivity index (χ1n) is 11.7. The van der Waals surface area contributed by atoms with E-state index in [0.29, 0.717) is 29.8 Å². The molecule has 0 N–H and O–H groups in total. The molecule has 5 atom stereocenters. The third kappa shape index (κ3) is 4.49. The van der Waals surface area contributed by atoms with Gasteiger partial charge in [-0.1, -0.05) is 31.9 Å². The minimum Gasteiger partial charge on any atom is -0.426 e. The van der Waals surface area contributed by atoms with Gasteiger partial charge in [0.1, 0.15) is 11.6 Å². The van der Waals surface area contributed by atoms with Crippen molar-refractivity contribution in [3.8, 4) is 5.75 Å². The molecule has 1 aliphatic carbocycles. The molecule has 5 rings (SSSR count). The van der Waals surface area contributed by atoms with E-state index in [1.165, 1.54) is 34.1 Å². The zero-order valence-corrected chi connectivity index (χ0v) is 22.5. The fraction of sp³-hybridized carbons (Fsp3) is 0.385. The quantitative estimate of drug-likeness (QED) is 0.217. The number of carbonyl (C=O) groups is 4. The number of aryl methyl sites for hydroxylation is 1. The molecule has 0 aromatic heterocycles. The molecule has 0 bridgehead atoms. The van der Waals surface area contributed by atoms with E-state index < -0.39 is 17.7 Å². The maximum Gasteiger partial charge on any atom is 0.316 e. The maximum absolute atomic E-state index is 13.2. The third-order valence-corrected chi connectivity index (χ3v) is 9.87. The Bertz CT molecular complexity index is 1230. The molecule has 3 aliphatic rings. The van der Waals surface area contributed by atoms with Gasteiger partial charge in [-0.3, -0.25) is 19.2 Å². The molecule has 2 saturated heterocycles. The van der Waals surface area contributed by atoms with E-state index in [2.05, 4.69) is 31.9 Å². The summed E-state index contributed by atoms with van der Waals surface area (Å²) in [7, 11) is 0. The van der Waals surface area contributed by atoms with E-state index in [9.17, 15) is 23.6 Å². The van der Waals surface area contributed by atoms with Gasteiger partial charge in [0.2, 0.25) is 17.7 Å². The summed E-state index contributed by atoms with van der Waals surface area (Å²) in [5.74, 6) is -2.69. The number of rotatable bonds is 4. The topological polar surface area (TPSA) is 84.0 Å². The molecule has 0 unspecified atom stereocenters. The second-order valence-corrected chi connectivity index (χ2v) is 11.8. The number of hydrogen-bond donors (Lipinski definition) is 0. The smallest absolute Gasteiger partial charge is 0.316 e. The first-order chi connectivity index (χ1) is 17.1. The number of halogens is 3. The fourth-order valence-electron chi connectivity index (χ4n) is 5.21. The number of fused-ring (bicyclic) bond motifs is 1. The van der Waals surface area contributed by atoms with Crippen molar-refractivity contribution in [1.29, 1.82) is 0 Å². The number of imide groups is 1. The Kier molecular flexibility index (Phi) is 6.76. The molecule has 3 amide bonds. The number of ether oxygens (including phenoxy) is 1. The Morgan fingerprint density at radius 3 is 2.17 bits per heavy atom. The van der Waals surface area contributed by atoms with Gasteiger partial charge in [0.05, 0.1) is 23.4 Å². The lowest BCUT2D eigenvalue weighted by atomic mass is 9.81. The molecule has 7 nitrogen and oxygen atoms in total. The first kappa shape index (κ1) is 25.1. The lowest BCUT2D eigenvalue weighted by molar-refractivity contribution is -0.139. The van der Waals surface area contributed by atoms with Crippen molar-refractivity contribution in [1.82, 2.24) is 0 Å². The van der Waals surface area contributed by atoms with Crippen molar-refractivity contribution in [2.24, 2.45) is 17.8 Å². The molecule has 2 heterocycles. The summed E-state index contributed by atoms with van der Waals surface area (Å²) in [6, 6.07) is 10.3. The second-order valence-electron chi connectivity index (χ2n) is 9.48. The zero-order valence-electron chi connectivity index (χ0n) is 19.3. The Morgan fingerprint density at radius 1 is 0.972 bits per heavy atom. The van der Waals surface area contributed by atoms with Crippen LogP contribution in [0, 0.1) is 30.5 Å². The Labute approximate surface area is 224 Å². The van der Waals surface area contributed by atoms with Crippen LogP contribution in [0.1, 0.15) is 24.8 Å². The van der Waals surface area contributed by atoms with Crippen LogP contribution in [0.15, 0.2) is 42.5 Å². The van der Waals surface area contributed by atoms with Crippen molar-refractivity contribution in [3.63, 3.8) is 0 Å². The predicted molar refractivity (Wildman–Crippen MR) is 138 cm³/mol. The Morgan fingerprint density at radius 2 is 1.58 bits per heavy atom. The molecule has 0 radical (unpaired) electrons. The molecule has 1 saturated carbocycles. The summed E-state index contributed by atoms with van der Waals surface area (Å²) < 4.78 is 18.8. The lowest BCUT2D eigenvalue weighted by Crippen LogP contribution is -2.34. The van der Waals surface area contributed by atoms with Gasteiger partial charge in [-0.05, 0) is 67.8 Å². The van der Waals surface area contributed by atoms with E-state index in [0.717, 1.165) is 0 Å². The van der Waals surface area contributed by atoms with E-state index >= 15 is 0 Å². The van der Waals surface area contributed by atoms with Crippen LogP contribution in [0.5, 0.6) is 5.75 Å². The molecular formula is C26H23Br2FN2O5. The zero-order chi connectivity index (χ0) is 25.7. The standard InChI is InChI=1S/C26H23Br2FN2O5/c1-13-8-17(36-26(35)14-9-23(32)30(12-14)16-4-2-15(29)3-5-16)6-7-22(13)31-24(33)18-10-20(27)21(28)11-19(18)25(31)34/h2-8,14,18-21H,9-12H2,1H3/t14-,18-,19-,20-,21+/m1/s1. The van der Waals surface area contributed by atoms with Crippen molar-refractivity contribution in [2.45, 2.75) is 35.8 Å². The van der Waals surface area contributed by atoms with Gasteiger partial charge in [-0.15, -0.1) is 0 Å². The highest BCUT2D eigenvalue weighted by molar-refractivity contribution is 9.12. The first-order valence-corrected chi connectivity index (χ1v) is 13.5. The number of benzene rings is 2. The van der Waals surface area contributed by atoms with Crippen LogP contribution in [0.2, 0.25) is 0 Å². The van der Waals surface area contributed by atoms with Gasteiger partial charge in [-0.25, -0.2) is 9.29 Å². The summed E-state index contributed by atoms with van der Waals surface area (Å²) >= 11 is 7.19. The fourth-order valence-corrected chi connectivity index (χ4v) is 6.45. The van der Waals surface area contributed by atoms with Gasteiger partial charge in [0, 0.05) is 28.3 Å². The number of hydrogen-bond acceptors (Lipinski definition) is 5. The van der Waals surface area contributed by atoms with Crippen LogP contribution in [0.25, 0.3) is 0 Å². The highest BCUT2D eigenvalue weighted by Gasteiger charge is 2.52. The summed E-state index contributed by atoms with van der Waals surface area (Å²) in [5, 5.41) is 0. The van der Waals surface area contributed by atoms with Gasteiger partial charge < -0.3 is 9.64 Å². The van der Waals surface area contributed by atoms with Crippen molar-refractivity contribution >= 4 is 66.9 Å². The molecule has 2 aromatic rings. The molecular weight excluding hydrogens is 599 g/mol. The molecule has 3 fully saturated rings. The minimum absolute atomic E-state index is 0.00400. The summed E-state index contributed by atoms with van der Waals surface area (Å²) in [6.07, 6.45) is 1.17. The van der Waals surface area contributed by atoms with E-state index in [1.54, 1.807) is 25.1 Å². The third-order valence-electron chi connectivity index (χ3n) is 7.14. The lowest BCUT2D eigenvalue weighted by Gasteiger charge is -2.29. The van der Waals surface area contributed by atoms with Crippen LogP contribution in [-0.4, -0.2) is 39.9 Å². The molecule has 10 heteroatoms. The molecule has 2 aliphatic heterocycles. The van der Waals surface area contributed by atoms with Crippen molar-refractivity contribution < 1.29 is 28.3 Å². The van der Waals surface area contributed by atoms with E-state index in [1.807, 2.05) is 0 Å². The van der Waals surface area contributed by atoms with Gasteiger partial charge in [0.15, 0.2) is 0 Å². The Hall–Kier alpha value is -2.59. The second kappa shape index (κ2) is 9.70. The maximum atomic E-state index is 13.2. The monoisotopic (exact) mass is 620 g/mol. The van der Waals surface area contributed by atoms with Crippen LogP contribution in [0.4, 0.5) is 15.8 Å². The predicted octanol–water partition coefficient (Wildman–Crippen LogP) is 4.52. The molecule has 188 valence electrons. The van der Waals surface area contributed by atoms with Crippen molar-refractivity contribution in [2.75, 3.05) is 16.3 Å². The highest BCUT2D eigenvalue weighted by Crippen LogP contribution is 2.45. The number of nitrogens with zero attached hydrogens (tertiary/aromatic N) is 2. The highest BCUT2D eigenvalue weighted by atomic mass is 79.9. The number of carbonyl (C=O) groups excluding carboxylic acids is 4. The SMILES string of the molecule is Cc1cc(OC(=O)[C@@H]2CC(=O)N(c3ccc(F)cc3)C2)ccc1N1C(=O)[C@@H]2C[C@@H](Br)[C@@H](Br)C[C@H]2C1=O. The van der Waals surface area contributed by atoms with Crippen LogP contribution < -0.4 is 14.5 Å². The minimum atomic E-state index is -0.665. The Balaban J connectivity index is 1.28. The van der Waals surface area contributed by atoms with E-state index in [4.69, 9.17) is 4.74 Å². The number of amides is 3. The van der Waals surface area contributed by atoms with Crippen molar-refractivity contribution in [3.05, 3.63) is 53.8 Å². The summed E-state index contributed by atoms with van der Waals surface area (Å²) in [5.41, 5.74) is 1.63.